The van der Waals surface area contributed by atoms with E-state index in [0.717, 1.165) is 17.5 Å². The Labute approximate surface area is 199 Å². The fourth-order valence-corrected chi connectivity index (χ4v) is 3.92. The highest BCUT2D eigenvalue weighted by Crippen LogP contribution is 2.29. The zero-order valence-corrected chi connectivity index (χ0v) is 19.1. The Bertz CT molecular complexity index is 1260. The topological polar surface area (TPSA) is 119 Å². The van der Waals surface area contributed by atoms with Crippen LogP contribution < -0.4 is 4.74 Å². The van der Waals surface area contributed by atoms with Crippen molar-refractivity contribution >= 4 is 29.2 Å². The summed E-state index contributed by atoms with van der Waals surface area (Å²) in [7, 11) is 0. The van der Waals surface area contributed by atoms with Crippen LogP contribution in [0.25, 0.3) is 11.4 Å². The number of aryl methyl sites for hydroxylation is 1. The molecule has 2 aromatic heterocycles. The van der Waals surface area contributed by atoms with Gasteiger partial charge in [-0.25, -0.2) is 14.9 Å². The summed E-state index contributed by atoms with van der Waals surface area (Å²) in [6.07, 6.45) is 1.47. The summed E-state index contributed by atoms with van der Waals surface area (Å²) in [5.41, 5.74) is 2.30. The molecule has 0 aliphatic heterocycles. The number of benzene rings is 2. The number of rotatable bonds is 9. The van der Waals surface area contributed by atoms with Crippen LogP contribution in [0.5, 0.6) is 5.75 Å². The van der Waals surface area contributed by atoms with Gasteiger partial charge in [-0.1, -0.05) is 54.4 Å². The lowest BCUT2D eigenvalue weighted by Gasteiger charge is -2.12. The highest BCUT2D eigenvalue weighted by atomic mass is 35.5. The molecule has 2 heterocycles. The van der Waals surface area contributed by atoms with Crippen LogP contribution in [-0.4, -0.2) is 41.3 Å². The van der Waals surface area contributed by atoms with E-state index in [9.17, 15) is 9.90 Å². The molecule has 33 heavy (non-hydrogen) atoms. The molecule has 9 nitrogen and oxygen atoms in total. The molecule has 2 N–H and O–H groups in total. The van der Waals surface area contributed by atoms with Crippen LogP contribution >= 0.6 is 23.2 Å². The maximum Gasteiger partial charge on any atom is 0.357 e. The summed E-state index contributed by atoms with van der Waals surface area (Å²) in [6, 6.07) is 13.1. The number of hydrogen-bond acceptors (Lipinski definition) is 6. The second-order valence-corrected chi connectivity index (χ2v) is 8.01. The number of aromatic nitrogens is 6. The third-order valence-electron chi connectivity index (χ3n) is 5.00. The Morgan fingerprint density at radius 3 is 2.64 bits per heavy atom. The van der Waals surface area contributed by atoms with Crippen molar-refractivity contribution in [2.45, 2.75) is 32.9 Å². The van der Waals surface area contributed by atoms with Crippen LogP contribution in [0.15, 0.2) is 42.5 Å². The molecular formula is C22H20Cl2N6O3. The van der Waals surface area contributed by atoms with Gasteiger partial charge in [0.15, 0.2) is 11.5 Å². The lowest BCUT2D eigenvalue weighted by molar-refractivity contribution is 0.0691. The van der Waals surface area contributed by atoms with E-state index < -0.39 is 5.97 Å². The fraction of sp³-hybridized carbons (Fsp3) is 0.227. The molecule has 4 rings (SSSR count). The number of ether oxygens (including phenoxy) is 1. The van der Waals surface area contributed by atoms with Gasteiger partial charge in [0.05, 0.1) is 11.6 Å². The van der Waals surface area contributed by atoms with Crippen LogP contribution in [0, 0.1) is 0 Å². The third kappa shape index (κ3) is 4.99. The number of tetrazole rings is 1. The van der Waals surface area contributed by atoms with E-state index in [4.69, 9.17) is 27.9 Å². The van der Waals surface area contributed by atoms with Gasteiger partial charge in [-0.2, -0.15) is 0 Å². The van der Waals surface area contributed by atoms with Crippen molar-refractivity contribution in [3.05, 3.63) is 75.3 Å². The Balaban J connectivity index is 1.46. The van der Waals surface area contributed by atoms with Crippen molar-refractivity contribution in [3.8, 4) is 17.1 Å². The van der Waals surface area contributed by atoms with Crippen LogP contribution in [0.3, 0.4) is 0 Å². The average Bonchev–Trinajstić information content (AvgIpc) is 3.44. The SMILES string of the molecule is CCCc1nc(C(=O)O)c(Cl)n1Cc1ccc(OCc2cccc(-c3nnn[nH]3)c2Cl)cc1. The van der Waals surface area contributed by atoms with Crippen LogP contribution in [0.4, 0.5) is 0 Å². The molecule has 2 aromatic carbocycles. The summed E-state index contributed by atoms with van der Waals surface area (Å²) in [6.45, 7) is 2.68. The first-order valence-corrected chi connectivity index (χ1v) is 10.9. The van der Waals surface area contributed by atoms with Gasteiger partial charge in [-0.15, -0.1) is 5.10 Å². The molecule has 0 amide bonds. The number of halogens is 2. The largest absolute Gasteiger partial charge is 0.489 e. The molecule has 0 aliphatic rings. The van der Waals surface area contributed by atoms with Gasteiger partial charge in [-0.05, 0) is 40.6 Å². The van der Waals surface area contributed by atoms with Crippen molar-refractivity contribution in [1.82, 2.24) is 30.2 Å². The molecule has 0 aliphatic carbocycles. The highest BCUT2D eigenvalue weighted by molar-refractivity contribution is 6.34. The Kier molecular flexibility index (Phi) is 6.90. The Morgan fingerprint density at radius 1 is 1.18 bits per heavy atom. The van der Waals surface area contributed by atoms with Gasteiger partial charge in [0.25, 0.3) is 0 Å². The number of nitrogens with zero attached hydrogens (tertiary/aromatic N) is 5. The summed E-state index contributed by atoms with van der Waals surface area (Å²) in [5.74, 6) is 0.662. The standard InChI is InChI=1S/C22H20Cl2N6O3/c1-2-4-17-25-19(22(31)32)20(24)30(17)11-13-7-9-15(10-8-13)33-12-14-5-3-6-16(18(14)23)21-26-28-29-27-21/h3,5-10H,2,4,11-12H2,1H3,(H,31,32)(H,26,27,28,29). The van der Waals surface area contributed by atoms with E-state index in [1.165, 1.54) is 0 Å². The lowest BCUT2D eigenvalue weighted by atomic mass is 10.1. The highest BCUT2D eigenvalue weighted by Gasteiger charge is 2.20. The molecule has 0 fully saturated rings. The number of H-pyrrole nitrogens is 1. The average molecular weight is 487 g/mol. The van der Waals surface area contributed by atoms with Gasteiger partial charge in [0.1, 0.15) is 23.3 Å². The zero-order chi connectivity index (χ0) is 23.4. The number of nitrogens with one attached hydrogen (secondary N) is 1. The maximum atomic E-state index is 11.4. The lowest BCUT2D eigenvalue weighted by Crippen LogP contribution is -2.05. The molecule has 0 saturated carbocycles. The van der Waals surface area contributed by atoms with Crippen LogP contribution in [0.2, 0.25) is 10.2 Å². The number of carboxylic acid groups (broad SMARTS) is 1. The summed E-state index contributed by atoms with van der Waals surface area (Å²) in [5, 5.41) is 23.7. The molecule has 0 atom stereocenters. The van der Waals surface area contributed by atoms with Gasteiger partial charge in [-0.3, -0.25) is 0 Å². The quantitative estimate of drug-likeness (QED) is 0.353. The molecule has 4 aromatic rings. The minimum absolute atomic E-state index is 0.125. The van der Waals surface area contributed by atoms with Crippen molar-refractivity contribution in [2.75, 3.05) is 0 Å². The monoisotopic (exact) mass is 486 g/mol. The molecule has 170 valence electrons. The van der Waals surface area contributed by atoms with Gasteiger partial charge < -0.3 is 14.4 Å². The Hall–Kier alpha value is -3.43. The first kappa shape index (κ1) is 22.8. The molecule has 0 spiro atoms. The number of carbonyl (C=O) groups is 1. The van der Waals surface area contributed by atoms with E-state index in [-0.39, 0.29) is 17.5 Å². The maximum absolute atomic E-state index is 11.4. The van der Waals surface area contributed by atoms with E-state index in [1.54, 1.807) is 4.57 Å². The molecule has 0 bridgehead atoms. The van der Waals surface area contributed by atoms with Crippen LogP contribution in [-0.2, 0) is 19.6 Å². The van der Waals surface area contributed by atoms with Crippen molar-refractivity contribution in [3.63, 3.8) is 0 Å². The van der Waals surface area contributed by atoms with E-state index in [1.807, 2.05) is 49.4 Å². The summed E-state index contributed by atoms with van der Waals surface area (Å²) >= 11 is 12.8. The van der Waals surface area contributed by atoms with Gasteiger partial charge in [0.2, 0.25) is 0 Å². The number of hydrogen-bond donors (Lipinski definition) is 2. The molecule has 0 unspecified atom stereocenters. The van der Waals surface area contributed by atoms with Crippen molar-refractivity contribution in [1.29, 1.82) is 0 Å². The minimum atomic E-state index is -1.14. The predicted octanol–water partition coefficient (Wildman–Crippen LogP) is 4.65. The third-order valence-corrected chi connectivity index (χ3v) is 5.83. The van der Waals surface area contributed by atoms with Crippen molar-refractivity contribution in [2.24, 2.45) is 0 Å². The van der Waals surface area contributed by atoms with Crippen LogP contribution in [0.1, 0.15) is 40.8 Å². The van der Waals surface area contributed by atoms with Crippen molar-refractivity contribution < 1.29 is 14.6 Å². The number of aromatic carboxylic acids is 1. The number of aromatic amines is 1. The van der Waals surface area contributed by atoms with Gasteiger partial charge in [0, 0.05) is 17.5 Å². The second-order valence-electron chi connectivity index (χ2n) is 7.27. The first-order chi connectivity index (χ1) is 16.0. The summed E-state index contributed by atoms with van der Waals surface area (Å²) < 4.78 is 7.63. The summed E-state index contributed by atoms with van der Waals surface area (Å²) in [4.78, 5) is 15.6. The van der Waals surface area contributed by atoms with E-state index >= 15 is 0 Å². The minimum Gasteiger partial charge on any atom is -0.489 e. The molecular weight excluding hydrogens is 467 g/mol. The van der Waals surface area contributed by atoms with E-state index in [2.05, 4.69) is 25.6 Å². The zero-order valence-electron chi connectivity index (χ0n) is 17.6. The Morgan fingerprint density at radius 2 is 1.97 bits per heavy atom. The predicted molar refractivity (Wildman–Crippen MR) is 123 cm³/mol. The number of carboxylic acids is 1. The molecule has 0 saturated heterocycles. The first-order valence-electron chi connectivity index (χ1n) is 10.2. The fourth-order valence-electron chi connectivity index (χ4n) is 3.37. The van der Waals surface area contributed by atoms with E-state index in [0.29, 0.717) is 40.9 Å². The molecule has 11 heteroatoms. The normalized spacial score (nSPS) is 11.0. The number of imidazole rings is 1. The molecule has 0 radical (unpaired) electrons. The smallest absolute Gasteiger partial charge is 0.357 e. The second kappa shape index (κ2) is 10.0. The van der Waals surface area contributed by atoms with Gasteiger partial charge >= 0.3 is 5.97 Å².